The van der Waals surface area contributed by atoms with E-state index in [1.54, 1.807) is 0 Å². The molecule has 1 aromatic heterocycles. The largest absolute Gasteiger partial charge is 0.276 e. The van der Waals surface area contributed by atoms with Gasteiger partial charge in [0.25, 0.3) is 0 Å². The van der Waals surface area contributed by atoms with E-state index in [2.05, 4.69) is 21.0 Å². The van der Waals surface area contributed by atoms with E-state index in [1.165, 1.54) is 11.1 Å². The molecule has 0 spiro atoms. The molecule has 0 aliphatic heterocycles. The molecule has 12 heavy (non-hydrogen) atoms. The molecule has 0 unspecified atom stereocenters. The predicted octanol–water partition coefficient (Wildman–Crippen LogP) is 0.548. The highest BCUT2D eigenvalue weighted by molar-refractivity contribution is 5.41. The predicted molar refractivity (Wildman–Crippen MR) is 43.3 cm³/mol. The number of aromatic nitrogens is 4. The fourth-order valence-corrected chi connectivity index (χ4v) is 0.857. The van der Waals surface area contributed by atoms with Gasteiger partial charge in [-0.2, -0.15) is 0 Å². The maximum absolute atomic E-state index is 3.66. The molecule has 0 atom stereocenters. The van der Waals surface area contributed by atoms with E-state index in [4.69, 9.17) is 0 Å². The van der Waals surface area contributed by atoms with Crippen molar-refractivity contribution in [2.24, 2.45) is 0 Å². The van der Waals surface area contributed by atoms with E-state index in [0.717, 1.165) is 5.69 Å². The second-order valence-corrected chi connectivity index (χ2v) is 2.23. The second-order valence-electron chi connectivity index (χ2n) is 2.23. The first kappa shape index (κ1) is 6.78. The number of rotatable bonds is 2. The van der Waals surface area contributed by atoms with Crippen LogP contribution in [0.4, 0.5) is 5.69 Å². The molecular weight excluding hydrogens is 154 g/mol. The Balaban J connectivity index is 2.15. The van der Waals surface area contributed by atoms with Gasteiger partial charge in [0.15, 0.2) is 6.33 Å². The molecule has 2 aromatic rings. The first-order valence-electron chi connectivity index (χ1n) is 3.50. The van der Waals surface area contributed by atoms with E-state index in [1.807, 2.05) is 30.3 Å². The third-order valence-electron chi connectivity index (χ3n) is 1.37. The zero-order valence-electron chi connectivity index (χ0n) is 6.25. The summed E-state index contributed by atoms with van der Waals surface area (Å²) in [6, 6.07) is 9.69. The minimum Gasteiger partial charge on any atom is -0.276 e. The summed E-state index contributed by atoms with van der Waals surface area (Å²) in [4.78, 5) is 1.44. The van der Waals surface area contributed by atoms with Crippen LogP contribution < -0.4 is 5.43 Å². The van der Waals surface area contributed by atoms with Gasteiger partial charge >= 0.3 is 0 Å². The van der Waals surface area contributed by atoms with Gasteiger partial charge in [0.1, 0.15) is 0 Å². The van der Waals surface area contributed by atoms with Gasteiger partial charge in [-0.3, -0.25) is 5.43 Å². The third kappa shape index (κ3) is 1.39. The van der Waals surface area contributed by atoms with Gasteiger partial charge in [-0.05, 0) is 22.6 Å². The smallest absolute Gasteiger partial charge is 0.161 e. The zero-order valence-corrected chi connectivity index (χ0v) is 6.25. The summed E-state index contributed by atoms with van der Waals surface area (Å²) >= 11 is 0. The lowest BCUT2D eigenvalue weighted by atomic mass is 10.3. The minimum atomic E-state index is 0.949. The van der Waals surface area contributed by atoms with Crippen molar-refractivity contribution >= 4 is 5.69 Å². The molecule has 0 aliphatic carbocycles. The topological polar surface area (TPSA) is 55.6 Å². The molecule has 0 amide bonds. The number of benzene rings is 1. The lowest BCUT2D eigenvalue weighted by Gasteiger charge is -2.01. The number of anilines is 1. The minimum absolute atomic E-state index is 0.949. The maximum Gasteiger partial charge on any atom is 0.161 e. The van der Waals surface area contributed by atoms with Crippen LogP contribution in [0.2, 0.25) is 0 Å². The van der Waals surface area contributed by atoms with Crippen LogP contribution in [-0.4, -0.2) is 20.3 Å². The van der Waals surface area contributed by atoms with E-state index >= 15 is 0 Å². The Hall–Kier alpha value is -1.91. The van der Waals surface area contributed by atoms with Crippen LogP contribution in [0.3, 0.4) is 0 Å². The molecule has 0 saturated carbocycles. The zero-order chi connectivity index (χ0) is 8.23. The molecule has 0 bridgehead atoms. The summed E-state index contributed by atoms with van der Waals surface area (Å²) < 4.78 is 0. The summed E-state index contributed by atoms with van der Waals surface area (Å²) in [5.74, 6) is 0. The molecule has 5 nitrogen and oxygen atoms in total. The lowest BCUT2D eigenvalue weighted by Crippen LogP contribution is -2.09. The van der Waals surface area contributed by atoms with Crippen LogP contribution in [0.5, 0.6) is 0 Å². The molecule has 0 radical (unpaired) electrons. The second kappa shape index (κ2) is 3.00. The number of nitrogens with zero attached hydrogens (tertiary/aromatic N) is 4. The molecule has 2 rings (SSSR count). The molecule has 1 aromatic carbocycles. The number of hydrogen-bond acceptors (Lipinski definition) is 4. The Bertz CT molecular complexity index is 328. The SMILES string of the molecule is c1ccc(Nn2cnnn2)cc1. The number of hydrogen-bond donors (Lipinski definition) is 1. The van der Waals surface area contributed by atoms with Crippen LogP contribution in [0.1, 0.15) is 0 Å². The van der Waals surface area contributed by atoms with Crippen molar-refractivity contribution in [3.05, 3.63) is 36.7 Å². The Morgan fingerprint density at radius 1 is 1.17 bits per heavy atom. The molecule has 1 heterocycles. The third-order valence-corrected chi connectivity index (χ3v) is 1.37. The van der Waals surface area contributed by atoms with Crippen LogP contribution >= 0.6 is 0 Å². The molecule has 0 aliphatic rings. The van der Waals surface area contributed by atoms with E-state index < -0.39 is 0 Å². The first-order chi connectivity index (χ1) is 5.95. The van der Waals surface area contributed by atoms with Gasteiger partial charge in [-0.15, -0.1) is 9.89 Å². The fraction of sp³-hybridized carbons (Fsp3) is 0. The number of para-hydroxylation sites is 1. The number of tetrazole rings is 1. The molecule has 0 fully saturated rings. The van der Waals surface area contributed by atoms with Gasteiger partial charge in [0.2, 0.25) is 0 Å². The Morgan fingerprint density at radius 3 is 2.67 bits per heavy atom. The highest BCUT2D eigenvalue weighted by Gasteiger charge is 1.90. The summed E-state index contributed by atoms with van der Waals surface area (Å²) in [6.45, 7) is 0. The molecule has 0 saturated heterocycles. The Kier molecular flexibility index (Phi) is 1.69. The molecule has 60 valence electrons. The maximum atomic E-state index is 3.66. The lowest BCUT2D eigenvalue weighted by molar-refractivity contribution is 0.738. The Morgan fingerprint density at radius 2 is 2.00 bits per heavy atom. The van der Waals surface area contributed by atoms with Crippen LogP contribution in [0, 0.1) is 0 Å². The van der Waals surface area contributed by atoms with Crippen molar-refractivity contribution < 1.29 is 0 Å². The average molecular weight is 161 g/mol. The highest BCUT2D eigenvalue weighted by atomic mass is 15.7. The van der Waals surface area contributed by atoms with Crippen LogP contribution in [0.25, 0.3) is 0 Å². The molecular formula is C7H7N5. The van der Waals surface area contributed by atoms with E-state index in [-0.39, 0.29) is 0 Å². The monoisotopic (exact) mass is 161 g/mol. The van der Waals surface area contributed by atoms with Crippen molar-refractivity contribution in [3.63, 3.8) is 0 Å². The Labute approximate surface area is 69.0 Å². The average Bonchev–Trinajstić information content (AvgIpc) is 2.59. The molecule has 5 heteroatoms. The number of nitrogens with one attached hydrogen (secondary N) is 1. The fourth-order valence-electron chi connectivity index (χ4n) is 0.857. The summed E-state index contributed by atoms with van der Waals surface area (Å²) in [6.07, 6.45) is 1.49. The normalized spacial score (nSPS) is 9.67. The highest BCUT2D eigenvalue weighted by Crippen LogP contribution is 2.03. The van der Waals surface area contributed by atoms with Gasteiger partial charge < -0.3 is 0 Å². The van der Waals surface area contributed by atoms with Gasteiger partial charge in [-0.25, -0.2) is 0 Å². The summed E-state index contributed by atoms with van der Waals surface area (Å²) in [7, 11) is 0. The van der Waals surface area contributed by atoms with E-state index in [0.29, 0.717) is 0 Å². The van der Waals surface area contributed by atoms with Crippen molar-refractivity contribution in [2.75, 3.05) is 5.43 Å². The van der Waals surface area contributed by atoms with E-state index in [9.17, 15) is 0 Å². The molecule has 1 N–H and O–H groups in total. The van der Waals surface area contributed by atoms with Gasteiger partial charge in [0, 0.05) is 0 Å². The van der Waals surface area contributed by atoms with Gasteiger partial charge in [0.05, 0.1) is 5.69 Å². The summed E-state index contributed by atoms with van der Waals surface area (Å²) in [5.41, 5.74) is 3.91. The van der Waals surface area contributed by atoms with Crippen molar-refractivity contribution in [1.82, 2.24) is 20.3 Å². The van der Waals surface area contributed by atoms with Gasteiger partial charge in [-0.1, -0.05) is 18.2 Å². The van der Waals surface area contributed by atoms with Crippen molar-refractivity contribution in [2.45, 2.75) is 0 Å². The quantitative estimate of drug-likeness (QED) is 0.698. The van der Waals surface area contributed by atoms with Crippen molar-refractivity contribution in [1.29, 1.82) is 0 Å². The first-order valence-corrected chi connectivity index (χ1v) is 3.50. The van der Waals surface area contributed by atoms with Crippen LogP contribution in [-0.2, 0) is 0 Å². The van der Waals surface area contributed by atoms with Crippen molar-refractivity contribution in [3.8, 4) is 0 Å². The summed E-state index contributed by atoms with van der Waals surface area (Å²) in [5, 5.41) is 10.6. The standard InChI is InChI=1S/C7H7N5/c1-2-4-7(5-3-1)9-12-6-8-10-11-12/h1-6,9H. The van der Waals surface area contributed by atoms with Crippen LogP contribution in [0.15, 0.2) is 36.7 Å².